The fraction of sp³-hybridized carbons (Fsp3) is 0.567. The molecule has 2 aliphatic rings. The molecule has 9 heteroatoms. The van der Waals surface area contributed by atoms with Crippen LogP contribution in [0, 0.1) is 5.92 Å². The molecule has 1 saturated heterocycles. The molecule has 212 valence electrons. The Morgan fingerprint density at radius 1 is 1.10 bits per heavy atom. The van der Waals surface area contributed by atoms with Crippen molar-refractivity contribution in [1.82, 2.24) is 9.97 Å². The van der Waals surface area contributed by atoms with Gasteiger partial charge in [0, 0.05) is 18.7 Å². The summed E-state index contributed by atoms with van der Waals surface area (Å²) in [5, 5.41) is 0.158. The molecule has 0 spiro atoms. The molecule has 2 aliphatic heterocycles. The number of ether oxygens (including phenoxy) is 3. The monoisotopic (exact) mass is 553 g/mol. The van der Waals surface area contributed by atoms with Crippen LogP contribution in [-0.2, 0) is 14.0 Å². The van der Waals surface area contributed by atoms with Crippen molar-refractivity contribution < 1.29 is 23.4 Å². The average Bonchev–Trinajstić information content (AvgIpc) is 3.33. The standard InChI is InChI=1S/C30H43N3O5Si/c1-29(2,3)38-28(34)21-13-15-33(16-14-21)27-26(22-11-12-24-25(18-22)36-20-35-24)31-19-23(32-27)10-9-17-37-39(7,8)30(4,5)6/h9-12,18-19,21H,13-17,20H2,1-8H3/b10-9+. The van der Waals surface area contributed by atoms with Crippen molar-refractivity contribution in [2.24, 2.45) is 5.92 Å². The molecule has 1 aromatic heterocycles. The molecule has 4 rings (SSSR count). The van der Waals surface area contributed by atoms with Gasteiger partial charge in [-0.1, -0.05) is 26.8 Å². The van der Waals surface area contributed by atoms with Crippen molar-refractivity contribution >= 4 is 26.2 Å². The highest BCUT2D eigenvalue weighted by atomic mass is 28.4. The summed E-state index contributed by atoms with van der Waals surface area (Å²) >= 11 is 0. The summed E-state index contributed by atoms with van der Waals surface area (Å²) in [6.07, 6.45) is 7.19. The Morgan fingerprint density at radius 3 is 2.46 bits per heavy atom. The summed E-state index contributed by atoms with van der Waals surface area (Å²) in [7, 11) is -1.83. The molecule has 0 bridgehead atoms. The fourth-order valence-electron chi connectivity index (χ4n) is 4.29. The molecular formula is C30H43N3O5Si. The molecule has 0 atom stereocenters. The summed E-state index contributed by atoms with van der Waals surface area (Å²) in [5.74, 6) is 1.99. The Bertz CT molecular complexity index is 1210. The number of hydrogen-bond acceptors (Lipinski definition) is 8. The van der Waals surface area contributed by atoms with Crippen LogP contribution in [0.15, 0.2) is 30.5 Å². The van der Waals surface area contributed by atoms with Crippen LogP contribution in [0.2, 0.25) is 18.1 Å². The van der Waals surface area contributed by atoms with Crippen molar-refractivity contribution in [3.05, 3.63) is 36.2 Å². The minimum absolute atomic E-state index is 0.113. The lowest BCUT2D eigenvalue weighted by atomic mass is 9.96. The van der Waals surface area contributed by atoms with E-state index in [0.717, 1.165) is 28.5 Å². The molecule has 0 saturated carbocycles. The summed E-state index contributed by atoms with van der Waals surface area (Å²) in [4.78, 5) is 24.8. The fourth-order valence-corrected chi connectivity index (χ4v) is 5.24. The first-order valence-corrected chi connectivity index (χ1v) is 16.7. The molecule has 0 amide bonds. The third-order valence-electron chi connectivity index (χ3n) is 7.59. The lowest BCUT2D eigenvalue weighted by molar-refractivity contribution is -0.160. The van der Waals surface area contributed by atoms with Gasteiger partial charge in [0.2, 0.25) is 6.79 Å². The molecule has 0 radical (unpaired) electrons. The maximum Gasteiger partial charge on any atom is 0.309 e. The number of anilines is 1. The number of benzene rings is 1. The normalized spacial score (nSPS) is 16.7. The predicted molar refractivity (Wildman–Crippen MR) is 157 cm³/mol. The summed E-state index contributed by atoms with van der Waals surface area (Å²) in [6.45, 7) is 19.1. The number of esters is 1. The van der Waals surface area contributed by atoms with Crippen molar-refractivity contribution in [1.29, 1.82) is 0 Å². The zero-order valence-electron chi connectivity index (χ0n) is 24.7. The first-order valence-electron chi connectivity index (χ1n) is 13.8. The van der Waals surface area contributed by atoms with Crippen molar-refractivity contribution in [3.63, 3.8) is 0 Å². The van der Waals surface area contributed by atoms with Crippen LogP contribution in [0.4, 0.5) is 5.82 Å². The Morgan fingerprint density at radius 2 is 1.79 bits per heavy atom. The highest BCUT2D eigenvalue weighted by molar-refractivity contribution is 6.74. The van der Waals surface area contributed by atoms with Crippen LogP contribution in [-0.4, -0.2) is 56.3 Å². The van der Waals surface area contributed by atoms with Gasteiger partial charge < -0.3 is 23.5 Å². The van der Waals surface area contributed by atoms with E-state index in [0.29, 0.717) is 38.3 Å². The number of aromatic nitrogens is 2. The van der Waals surface area contributed by atoms with Gasteiger partial charge in [-0.15, -0.1) is 0 Å². The van der Waals surface area contributed by atoms with Crippen LogP contribution >= 0.6 is 0 Å². The maximum atomic E-state index is 12.7. The molecule has 0 aliphatic carbocycles. The first-order chi connectivity index (χ1) is 18.2. The van der Waals surface area contributed by atoms with Crippen LogP contribution in [0.1, 0.15) is 60.1 Å². The number of nitrogens with zero attached hydrogens (tertiary/aromatic N) is 3. The van der Waals surface area contributed by atoms with Crippen LogP contribution in [0.25, 0.3) is 17.3 Å². The van der Waals surface area contributed by atoms with E-state index >= 15 is 0 Å². The SMILES string of the molecule is CC(C)(C)OC(=O)C1CCN(c2nc(/C=C/CO[Si](C)(C)C(C)(C)C)cnc2-c2ccc3c(c2)OCO3)CC1. The topological polar surface area (TPSA) is 83.0 Å². The zero-order valence-corrected chi connectivity index (χ0v) is 25.7. The quantitative estimate of drug-likeness (QED) is 0.285. The number of carbonyl (C=O) groups is 1. The smallest absolute Gasteiger partial charge is 0.309 e. The van der Waals surface area contributed by atoms with E-state index < -0.39 is 13.9 Å². The van der Waals surface area contributed by atoms with Gasteiger partial charge in [0.15, 0.2) is 25.6 Å². The van der Waals surface area contributed by atoms with Crippen molar-refractivity contribution in [3.8, 4) is 22.8 Å². The predicted octanol–water partition coefficient (Wildman–Crippen LogP) is 6.47. The highest BCUT2D eigenvalue weighted by Gasteiger charge is 2.36. The Hall–Kier alpha value is -2.91. The average molecular weight is 554 g/mol. The van der Waals surface area contributed by atoms with Gasteiger partial charge in [-0.25, -0.2) is 4.98 Å². The third kappa shape index (κ3) is 7.19. The Labute approximate surface area is 233 Å². The molecule has 0 N–H and O–H groups in total. The lowest BCUT2D eigenvalue weighted by Crippen LogP contribution is -2.40. The van der Waals surface area contributed by atoms with Gasteiger partial charge in [0.1, 0.15) is 11.3 Å². The Balaban J connectivity index is 1.55. The van der Waals surface area contributed by atoms with E-state index in [9.17, 15) is 4.79 Å². The number of carbonyl (C=O) groups excluding carboxylic acids is 1. The van der Waals surface area contributed by atoms with Gasteiger partial charge in [-0.05, 0) is 76.0 Å². The number of fused-ring (bicyclic) bond motifs is 1. The lowest BCUT2D eigenvalue weighted by Gasteiger charge is -2.35. The molecule has 2 aromatic rings. The second-order valence-electron chi connectivity index (χ2n) is 12.8. The molecule has 8 nitrogen and oxygen atoms in total. The summed E-state index contributed by atoms with van der Waals surface area (Å²) in [6, 6.07) is 5.84. The van der Waals surface area contributed by atoms with E-state index in [1.807, 2.05) is 51.1 Å². The van der Waals surface area contributed by atoms with Crippen molar-refractivity contribution in [2.75, 3.05) is 31.4 Å². The molecule has 0 unspecified atom stereocenters. The number of hydrogen-bond donors (Lipinski definition) is 0. The largest absolute Gasteiger partial charge is 0.460 e. The number of piperidine rings is 1. The van der Waals surface area contributed by atoms with E-state index in [-0.39, 0.29) is 23.7 Å². The Kier molecular flexibility index (Phi) is 8.42. The second-order valence-corrected chi connectivity index (χ2v) is 17.6. The van der Waals surface area contributed by atoms with Crippen LogP contribution in [0.3, 0.4) is 0 Å². The molecule has 39 heavy (non-hydrogen) atoms. The third-order valence-corrected chi connectivity index (χ3v) is 12.1. The minimum atomic E-state index is -1.83. The van der Waals surface area contributed by atoms with E-state index in [4.69, 9.17) is 28.6 Å². The maximum absolute atomic E-state index is 12.7. The minimum Gasteiger partial charge on any atom is -0.460 e. The molecular weight excluding hydrogens is 510 g/mol. The van der Waals surface area contributed by atoms with E-state index in [1.54, 1.807) is 6.20 Å². The first kappa shape index (κ1) is 29.1. The molecule has 1 aromatic carbocycles. The molecule has 3 heterocycles. The number of rotatable bonds is 7. The zero-order chi connectivity index (χ0) is 28.4. The van der Waals surface area contributed by atoms with Crippen LogP contribution in [0.5, 0.6) is 11.5 Å². The van der Waals surface area contributed by atoms with Gasteiger partial charge in [-0.2, -0.15) is 0 Å². The van der Waals surface area contributed by atoms with Gasteiger partial charge in [0.25, 0.3) is 0 Å². The summed E-state index contributed by atoms with van der Waals surface area (Å²) < 4.78 is 23.0. The van der Waals surface area contributed by atoms with Gasteiger partial charge >= 0.3 is 5.97 Å². The summed E-state index contributed by atoms with van der Waals surface area (Å²) in [5.41, 5.74) is 1.97. The van der Waals surface area contributed by atoms with Crippen LogP contribution < -0.4 is 14.4 Å². The molecule has 1 fully saturated rings. The van der Waals surface area contributed by atoms with E-state index in [2.05, 4.69) is 38.8 Å². The van der Waals surface area contributed by atoms with Gasteiger partial charge in [-0.3, -0.25) is 9.78 Å². The van der Waals surface area contributed by atoms with Crippen molar-refractivity contribution in [2.45, 2.75) is 78.1 Å². The highest BCUT2D eigenvalue weighted by Crippen LogP contribution is 2.39. The van der Waals surface area contributed by atoms with Gasteiger partial charge in [0.05, 0.1) is 24.4 Å². The second kappa shape index (κ2) is 11.3. The van der Waals surface area contributed by atoms with E-state index in [1.165, 1.54) is 0 Å².